The van der Waals surface area contributed by atoms with Crippen molar-refractivity contribution in [2.24, 2.45) is 0 Å². The van der Waals surface area contributed by atoms with Crippen LogP contribution in [-0.4, -0.2) is 11.3 Å². The van der Waals surface area contributed by atoms with Gasteiger partial charge in [0.05, 0.1) is 5.52 Å². The predicted molar refractivity (Wildman–Crippen MR) is 290 cm³/mol. The van der Waals surface area contributed by atoms with Gasteiger partial charge in [-0.2, -0.15) is 0 Å². The normalized spacial score (nSPS) is 12.1. The monoisotopic (exact) mass is 888 g/mol. The Morgan fingerprint density at radius 1 is 0.449 bits per heavy atom. The zero-order chi connectivity index (χ0) is 46.3. The van der Waals surface area contributed by atoms with Crippen molar-refractivity contribution >= 4 is 90.4 Å². The Kier molecular flexibility index (Phi) is 9.45. The molecule has 11 aromatic rings. The van der Waals surface area contributed by atoms with E-state index >= 15 is 4.39 Å². The van der Waals surface area contributed by atoms with Gasteiger partial charge in [0.25, 0.3) is 6.71 Å². The molecule has 69 heavy (non-hydrogen) atoms. The third-order valence-electron chi connectivity index (χ3n) is 14.2. The summed E-state index contributed by atoms with van der Waals surface area (Å²) in [5, 5.41) is 6.45. The van der Waals surface area contributed by atoms with Gasteiger partial charge in [-0.05, 0) is 157 Å². The van der Waals surface area contributed by atoms with Crippen LogP contribution < -0.4 is 31.5 Å². The molecule has 0 saturated heterocycles. The van der Waals surface area contributed by atoms with Gasteiger partial charge in [-0.3, -0.25) is 0 Å². The molecule has 0 aliphatic carbocycles. The first-order valence-electron chi connectivity index (χ1n) is 23.7. The summed E-state index contributed by atoms with van der Waals surface area (Å²) in [7, 11) is 0. The van der Waals surface area contributed by atoms with E-state index in [1.807, 2.05) is 12.1 Å². The number of aromatic nitrogens is 1. The van der Waals surface area contributed by atoms with Crippen LogP contribution in [0.25, 0.3) is 49.7 Å². The molecule has 2 aliphatic heterocycles. The summed E-state index contributed by atoms with van der Waals surface area (Å²) in [5.41, 5.74) is 22.5. The maximum absolute atomic E-state index is 16.1. The fourth-order valence-electron chi connectivity index (χ4n) is 11.2. The predicted octanol–water partition coefficient (Wildman–Crippen LogP) is 15.0. The molecular formula is C63H46BFN4. The largest absolute Gasteiger partial charge is 0.356 e. The number of aryl methyl sites for hydroxylation is 3. The van der Waals surface area contributed by atoms with Crippen LogP contribution in [0.2, 0.25) is 0 Å². The van der Waals surface area contributed by atoms with E-state index in [4.69, 9.17) is 0 Å². The maximum atomic E-state index is 16.1. The lowest BCUT2D eigenvalue weighted by molar-refractivity contribution is 0.631. The minimum Gasteiger partial charge on any atom is -0.356 e. The van der Waals surface area contributed by atoms with Crippen molar-refractivity contribution in [3.63, 3.8) is 0 Å². The van der Waals surface area contributed by atoms with Gasteiger partial charge in [0.2, 0.25) is 0 Å². The smallest absolute Gasteiger partial charge is 0.252 e. The third kappa shape index (κ3) is 6.58. The van der Waals surface area contributed by atoms with Gasteiger partial charge in [-0.15, -0.1) is 0 Å². The van der Waals surface area contributed by atoms with Crippen LogP contribution in [0.15, 0.2) is 218 Å². The van der Waals surface area contributed by atoms with Crippen LogP contribution in [0.3, 0.4) is 0 Å². The van der Waals surface area contributed by atoms with Gasteiger partial charge in [-0.1, -0.05) is 126 Å². The molecule has 0 bridgehead atoms. The first-order chi connectivity index (χ1) is 33.9. The van der Waals surface area contributed by atoms with Gasteiger partial charge in [0.1, 0.15) is 5.82 Å². The molecule has 10 aromatic carbocycles. The number of hydrogen-bond donors (Lipinski definition) is 1. The minimum absolute atomic E-state index is 0.230. The molecule has 0 unspecified atom stereocenters. The fourth-order valence-corrected chi connectivity index (χ4v) is 11.2. The Labute approximate surface area is 402 Å². The third-order valence-corrected chi connectivity index (χ3v) is 14.2. The van der Waals surface area contributed by atoms with E-state index in [9.17, 15) is 0 Å². The minimum atomic E-state index is -0.249. The average Bonchev–Trinajstić information content (AvgIpc) is 3.70. The molecule has 0 radical (unpaired) electrons. The summed E-state index contributed by atoms with van der Waals surface area (Å²) in [5.74, 6) is -0.249. The summed E-state index contributed by atoms with van der Waals surface area (Å²) in [6.07, 6.45) is 0. The van der Waals surface area contributed by atoms with Gasteiger partial charge < -0.3 is 19.7 Å². The van der Waals surface area contributed by atoms with Gasteiger partial charge in [0.15, 0.2) is 0 Å². The summed E-state index contributed by atoms with van der Waals surface area (Å²) < 4.78 is 18.6. The number of benzene rings is 10. The summed E-state index contributed by atoms with van der Waals surface area (Å²) in [6.45, 7) is 6.33. The Bertz CT molecular complexity index is 3730. The average molecular weight is 889 g/mol. The molecule has 0 fully saturated rings. The molecule has 4 nitrogen and oxygen atoms in total. The highest BCUT2D eigenvalue weighted by Gasteiger charge is 2.42. The Balaban J connectivity index is 1.19. The topological polar surface area (TPSA) is 23.4 Å². The molecule has 1 aromatic heterocycles. The number of para-hydroxylation sites is 4. The van der Waals surface area contributed by atoms with Crippen LogP contribution in [0.5, 0.6) is 0 Å². The highest BCUT2D eigenvalue weighted by atomic mass is 19.1. The number of nitrogens with one attached hydrogen (secondary N) is 1. The van der Waals surface area contributed by atoms with Crippen LogP contribution in [0.1, 0.15) is 16.7 Å². The van der Waals surface area contributed by atoms with Crippen molar-refractivity contribution < 1.29 is 4.39 Å². The fraction of sp³-hybridized carbons (Fsp3) is 0.0476. The van der Waals surface area contributed by atoms with Gasteiger partial charge >= 0.3 is 0 Å². The highest BCUT2D eigenvalue weighted by molar-refractivity contribution is 7.00. The van der Waals surface area contributed by atoms with Gasteiger partial charge in [0, 0.05) is 78.6 Å². The molecule has 2 aliphatic rings. The summed E-state index contributed by atoms with van der Waals surface area (Å²) >= 11 is 0. The standard InChI is InChI=1S/C63H46BFN4/c1-40-28-30-42(3)51(32-40)53-36-48(67(44-18-8-4-9-19-44)45-20-10-5-11-21-45)38-55-62(53)66-58-34-43(50-26-16-17-27-57(50)65)35-60-61(58)64(55)56-39-49(37-54-52-33-41(2)29-31-59(52)69(60)63(54)56)68(46-22-12-6-13-23-46)47-24-14-7-15-25-47/h4-39,66H,1-3H3. The van der Waals surface area contributed by atoms with Crippen molar-refractivity contribution in [3.05, 3.63) is 241 Å². The number of rotatable bonds is 8. The van der Waals surface area contributed by atoms with Crippen molar-refractivity contribution in [1.29, 1.82) is 0 Å². The van der Waals surface area contributed by atoms with Gasteiger partial charge in [-0.25, -0.2) is 4.39 Å². The molecule has 328 valence electrons. The van der Waals surface area contributed by atoms with E-state index in [1.54, 1.807) is 12.1 Å². The Morgan fingerprint density at radius 3 is 1.62 bits per heavy atom. The van der Waals surface area contributed by atoms with E-state index < -0.39 is 0 Å². The molecular weight excluding hydrogens is 843 g/mol. The molecule has 0 atom stereocenters. The van der Waals surface area contributed by atoms with Crippen LogP contribution in [-0.2, 0) is 0 Å². The number of anilines is 8. The molecule has 13 rings (SSSR count). The summed E-state index contributed by atoms with van der Waals surface area (Å²) in [4.78, 5) is 4.77. The SMILES string of the molecule is Cc1ccc(C)c(-c2cc(N(c3ccccc3)c3ccccc3)cc3c2Nc2cc(-c4ccccc4F)cc4c2B3c2cc(N(c3ccccc3)c3ccccc3)cc3c5cc(C)ccc5n-4c23)c1. The van der Waals surface area contributed by atoms with Crippen molar-refractivity contribution in [3.8, 4) is 27.9 Å². The second kappa shape index (κ2) is 16.0. The summed E-state index contributed by atoms with van der Waals surface area (Å²) in [6, 6.07) is 77.5. The van der Waals surface area contributed by atoms with E-state index in [1.165, 1.54) is 38.4 Å². The molecule has 1 N–H and O–H groups in total. The maximum Gasteiger partial charge on any atom is 0.252 e. The number of halogens is 1. The van der Waals surface area contributed by atoms with Crippen molar-refractivity contribution in [1.82, 2.24) is 4.57 Å². The molecule has 6 heteroatoms. The lowest BCUT2D eigenvalue weighted by Crippen LogP contribution is -2.59. The zero-order valence-corrected chi connectivity index (χ0v) is 38.6. The van der Waals surface area contributed by atoms with Crippen LogP contribution in [0.4, 0.5) is 49.9 Å². The molecule has 3 heterocycles. The van der Waals surface area contributed by atoms with E-state index in [-0.39, 0.29) is 12.5 Å². The number of fused-ring (bicyclic) bond motifs is 7. The highest BCUT2D eigenvalue weighted by Crippen LogP contribution is 2.46. The van der Waals surface area contributed by atoms with E-state index in [0.29, 0.717) is 5.56 Å². The van der Waals surface area contributed by atoms with Crippen LogP contribution in [0, 0.1) is 26.6 Å². The zero-order valence-electron chi connectivity index (χ0n) is 38.6. The molecule has 0 amide bonds. The quantitative estimate of drug-likeness (QED) is 0.154. The first-order valence-corrected chi connectivity index (χ1v) is 23.7. The lowest BCUT2D eigenvalue weighted by atomic mass is 9.33. The van der Waals surface area contributed by atoms with E-state index in [0.717, 1.165) is 84.4 Å². The van der Waals surface area contributed by atoms with Crippen molar-refractivity contribution in [2.75, 3.05) is 15.1 Å². The Hall–Kier alpha value is -8.61. The first kappa shape index (κ1) is 40.7. The second-order valence-electron chi connectivity index (χ2n) is 18.6. The lowest BCUT2D eigenvalue weighted by Gasteiger charge is -2.38. The second-order valence-corrected chi connectivity index (χ2v) is 18.6. The Morgan fingerprint density at radius 2 is 1.00 bits per heavy atom. The number of hydrogen-bond acceptors (Lipinski definition) is 3. The van der Waals surface area contributed by atoms with Crippen LogP contribution >= 0.6 is 0 Å². The number of nitrogens with zero attached hydrogens (tertiary/aromatic N) is 3. The van der Waals surface area contributed by atoms with Crippen molar-refractivity contribution in [2.45, 2.75) is 20.8 Å². The molecule has 0 spiro atoms. The van der Waals surface area contributed by atoms with E-state index in [2.05, 4.69) is 235 Å². The molecule has 0 saturated carbocycles.